The smallest absolute Gasteiger partial charge is 0.160 e. The van der Waals surface area contributed by atoms with Crippen molar-refractivity contribution in [2.75, 3.05) is 0 Å². The van der Waals surface area contributed by atoms with Gasteiger partial charge in [-0.1, -0.05) is 182 Å². The standard InChI is InChI=1S/C55H33N3S/c1-3-15-34(16-4-1)52-50-49(38-31-32-43-41-21-8-7-19-39(41)40-20-9-10-22-42(40)46(43)33-38)53(59-54(50)45-24-12-14-26-48(45)56-52)36-29-27-35(28-30-36)51-44-23-11-13-25-47(44)57-55(58-51)37-17-5-2-6-18-37/h1-33H. The topological polar surface area (TPSA) is 38.7 Å². The van der Waals surface area contributed by atoms with Gasteiger partial charge in [0, 0.05) is 48.0 Å². The summed E-state index contributed by atoms with van der Waals surface area (Å²) in [5, 5.41) is 10.9. The van der Waals surface area contributed by atoms with Crippen molar-refractivity contribution in [3.05, 3.63) is 200 Å². The van der Waals surface area contributed by atoms with Crippen LogP contribution in [0.1, 0.15) is 0 Å². The van der Waals surface area contributed by atoms with E-state index in [1.54, 1.807) is 0 Å². The lowest BCUT2D eigenvalue weighted by atomic mass is 9.90. The fraction of sp³-hybridized carbons (Fsp3) is 0. The van der Waals surface area contributed by atoms with E-state index in [-0.39, 0.29) is 0 Å². The van der Waals surface area contributed by atoms with Crippen LogP contribution in [0, 0.1) is 0 Å². The van der Waals surface area contributed by atoms with Crippen LogP contribution in [0.3, 0.4) is 0 Å². The molecule has 0 atom stereocenters. The molecule has 0 bridgehead atoms. The van der Waals surface area contributed by atoms with Gasteiger partial charge in [0.1, 0.15) is 0 Å². The van der Waals surface area contributed by atoms with Crippen molar-refractivity contribution in [2.24, 2.45) is 0 Å². The van der Waals surface area contributed by atoms with E-state index in [1.165, 1.54) is 58.4 Å². The number of rotatable bonds is 5. The Kier molecular flexibility index (Phi) is 7.72. The molecular formula is C55H33N3S. The van der Waals surface area contributed by atoms with Crippen molar-refractivity contribution in [3.8, 4) is 55.5 Å². The van der Waals surface area contributed by atoms with Crippen LogP contribution in [0.2, 0.25) is 0 Å². The van der Waals surface area contributed by atoms with Crippen LogP contribution < -0.4 is 0 Å². The molecule has 4 heteroatoms. The molecule has 3 nitrogen and oxygen atoms in total. The first-order valence-corrected chi connectivity index (χ1v) is 20.8. The van der Waals surface area contributed by atoms with Crippen LogP contribution in [0.25, 0.3) is 120 Å². The summed E-state index contributed by atoms with van der Waals surface area (Å²) in [5.41, 5.74) is 10.5. The normalized spacial score (nSPS) is 11.7. The SMILES string of the molecule is c1ccc(-c2nc(-c3ccc(-c4sc5c(c(-c6ccccc6)nc6ccccc65)c4-c4ccc5c6ccccc6c6ccccc6c5c4)cc3)c3ccccc3n2)cc1. The minimum absolute atomic E-state index is 0.722. The Hall–Kier alpha value is -7.53. The van der Waals surface area contributed by atoms with Crippen LogP contribution in [-0.2, 0) is 0 Å². The van der Waals surface area contributed by atoms with E-state index >= 15 is 0 Å². The van der Waals surface area contributed by atoms with Crippen molar-refractivity contribution in [1.29, 1.82) is 0 Å². The Bertz CT molecular complexity index is 3560. The fourth-order valence-electron chi connectivity index (χ4n) is 8.93. The second-order valence-corrected chi connectivity index (χ2v) is 16.1. The molecule has 0 fully saturated rings. The summed E-state index contributed by atoms with van der Waals surface area (Å²) in [6.07, 6.45) is 0. The molecule has 0 unspecified atom stereocenters. The average molecular weight is 768 g/mol. The van der Waals surface area contributed by atoms with Gasteiger partial charge in [-0.2, -0.15) is 0 Å². The molecule has 0 N–H and O–H groups in total. The van der Waals surface area contributed by atoms with Crippen LogP contribution in [0.4, 0.5) is 0 Å². The van der Waals surface area contributed by atoms with E-state index < -0.39 is 0 Å². The summed E-state index contributed by atoms with van der Waals surface area (Å²) in [5.74, 6) is 0.722. The van der Waals surface area contributed by atoms with Crippen molar-refractivity contribution < 1.29 is 0 Å². The number of fused-ring (bicyclic) bond motifs is 10. The van der Waals surface area contributed by atoms with E-state index in [0.29, 0.717) is 0 Å². The Balaban J connectivity index is 1.13. The molecule has 0 saturated heterocycles. The highest BCUT2D eigenvalue weighted by Gasteiger charge is 2.24. The zero-order valence-electron chi connectivity index (χ0n) is 31.8. The number of para-hydroxylation sites is 2. The van der Waals surface area contributed by atoms with Crippen LogP contribution >= 0.6 is 11.3 Å². The largest absolute Gasteiger partial charge is 0.247 e. The molecule has 3 heterocycles. The van der Waals surface area contributed by atoms with Gasteiger partial charge in [-0.25, -0.2) is 15.0 Å². The minimum atomic E-state index is 0.722. The Morgan fingerprint density at radius 1 is 0.305 bits per heavy atom. The van der Waals surface area contributed by atoms with Crippen LogP contribution in [0.15, 0.2) is 200 Å². The maximum Gasteiger partial charge on any atom is 0.160 e. The van der Waals surface area contributed by atoms with Crippen molar-refractivity contribution in [1.82, 2.24) is 15.0 Å². The summed E-state index contributed by atoms with van der Waals surface area (Å²) in [6, 6.07) is 71.4. The highest BCUT2D eigenvalue weighted by Crippen LogP contribution is 2.51. The zero-order valence-corrected chi connectivity index (χ0v) is 32.6. The maximum atomic E-state index is 5.43. The Morgan fingerprint density at radius 3 is 1.44 bits per heavy atom. The molecule has 0 amide bonds. The number of aromatic nitrogens is 3. The predicted octanol–water partition coefficient (Wildman–Crippen LogP) is 15.2. The molecule has 59 heavy (non-hydrogen) atoms. The Labute approximate surface area is 344 Å². The predicted molar refractivity (Wildman–Crippen MR) is 250 cm³/mol. The van der Waals surface area contributed by atoms with Gasteiger partial charge in [0.15, 0.2) is 5.82 Å². The van der Waals surface area contributed by atoms with E-state index in [9.17, 15) is 0 Å². The summed E-state index contributed by atoms with van der Waals surface area (Å²) >= 11 is 1.86. The summed E-state index contributed by atoms with van der Waals surface area (Å²) < 4.78 is 1.24. The summed E-state index contributed by atoms with van der Waals surface area (Å²) in [6.45, 7) is 0. The van der Waals surface area contributed by atoms with E-state index in [1.807, 2.05) is 35.6 Å². The molecule has 12 rings (SSSR count). The third-order valence-corrected chi connectivity index (χ3v) is 12.9. The van der Waals surface area contributed by atoms with Gasteiger partial charge in [0.05, 0.1) is 22.4 Å². The van der Waals surface area contributed by atoms with E-state index in [0.717, 1.165) is 61.3 Å². The molecule has 0 radical (unpaired) electrons. The number of thiophene rings is 1. The number of benzene rings is 9. The quantitative estimate of drug-likeness (QED) is 0.164. The van der Waals surface area contributed by atoms with Gasteiger partial charge < -0.3 is 0 Å². The lowest BCUT2D eigenvalue weighted by Gasteiger charge is -2.14. The highest BCUT2D eigenvalue weighted by atomic mass is 32.1. The zero-order chi connectivity index (χ0) is 38.9. The number of nitrogens with zero attached hydrogens (tertiary/aromatic N) is 3. The third kappa shape index (κ3) is 5.45. The summed E-state index contributed by atoms with van der Waals surface area (Å²) in [7, 11) is 0. The molecule has 9 aromatic carbocycles. The third-order valence-electron chi connectivity index (χ3n) is 11.7. The Morgan fingerprint density at radius 2 is 0.780 bits per heavy atom. The van der Waals surface area contributed by atoms with Crippen LogP contribution in [-0.4, -0.2) is 15.0 Å². The van der Waals surface area contributed by atoms with Gasteiger partial charge in [-0.05, 0) is 61.6 Å². The molecule has 0 spiro atoms. The fourth-order valence-corrected chi connectivity index (χ4v) is 10.3. The molecule has 0 saturated carbocycles. The molecule has 274 valence electrons. The van der Waals surface area contributed by atoms with Gasteiger partial charge in [-0.15, -0.1) is 11.3 Å². The lowest BCUT2D eigenvalue weighted by molar-refractivity contribution is 1.23. The van der Waals surface area contributed by atoms with Gasteiger partial charge in [0.2, 0.25) is 0 Å². The first kappa shape index (κ1) is 33.6. The van der Waals surface area contributed by atoms with E-state index in [4.69, 9.17) is 15.0 Å². The number of hydrogen-bond acceptors (Lipinski definition) is 4. The lowest BCUT2D eigenvalue weighted by Crippen LogP contribution is -1.95. The van der Waals surface area contributed by atoms with E-state index in [2.05, 4.69) is 176 Å². The van der Waals surface area contributed by atoms with Gasteiger partial charge >= 0.3 is 0 Å². The average Bonchev–Trinajstić information content (AvgIpc) is 3.73. The molecule has 3 aromatic heterocycles. The second-order valence-electron chi connectivity index (χ2n) is 15.1. The minimum Gasteiger partial charge on any atom is -0.247 e. The first-order chi connectivity index (χ1) is 29.3. The van der Waals surface area contributed by atoms with Gasteiger partial charge in [0.25, 0.3) is 0 Å². The maximum absolute atomic E-state index is 5.43. The molecular weight excluding hydrogens is 735 g/mol. The molecule has 0 aliphatic heterocycles. The van der Waals surface area contributed by atoms with Crippen LogP contribution in [0.5, 0.6) is 0 Å². The number of hydrogen-bond donors (Lipinski definition) is 0. The molecule has 0 aliphatic carbocycles. The monoisotopic (exact) mass is 767 g/mol. The van der Waals surface area contributed by atoms with Gasteiger partial charge in [-0.3, -0.25) is 0 Å². The van der Waals surface area contributed by atoms with Crippen molar-refractivity contribution in [3.63, 3.8) is 0 Å². The van der Waals surface area contributed by atoms with Crippen molar-refractivity contribution in [2.45, 2.75) is 0 Å². The van der Waals surface area contributed by atoms with Crippen molar-refractivity contribution >= 4 is 75.5 Å². The molecule has 12 aromatic rings. The highest BCUT2D eigenvalue weighted by molar-refractivity contribution is 7.24. The summed E-state index contributed by atoms with van der Waals surface area (Å²) in [4.78, 5) is 16.8. The molecule has 0 aliphatic rings. The second kappa shape index (κ2) is 13.6. The number of pyridine rings is 1. The first-order valence-electron chi connectivity index (χ1n) is 19.9.